The van der Waals surface area contributed by atoms with Crippen LogP contribution in [0.1, 0.15) is 12.8 Å². The summed E-state index contributed by atoms with van der Waals surface area (Å²) in [6, 6.07) is 6.09. The minimum atomic E-state index is -0.802. The van der Waals surface area contributed by atoms with Crippen molar-refractivity contribution < 1.29 is 18.7 Å². The molecule has 2 unspecified atom stereocenters. The van der Waals surface area contributed by atoms with Gasteiger partial charge in [0.25, 0.3) is 0 Å². The first-order valence-electron chi connectivity index (χ1n) is 7.09. The molecular formula is C16H16FNO4S. The van der Waals surface area contributed by atoms with Crippen LogP contribution >= 0.6 is 11.8 Å². The van der Waals surface area contributed by atoms with E-state index in [0.717, 1.165) is 11.0 Å². The highest BCUT2D eigenvalue weighted by atomic mass is 32.2. The maximum absolute atomic E-state index is 12.9. The third-order valence-corrected chi connectivity index (χ3v) is 4.74. The number of ether oxygens (including phenoxy) is 1. The summed E-state index contributed by atoms with van der Waals surface area (Å²) < 4.78 is 17.6. The van der Waals surface area contributed by atoms with Crippen molar-refractivity contribution in [2.24, 2.45) is 17.0 Å². The van der Waals surface area contributed by atoms with E-state index < -0.39 is 11.9 Å². The van der Waals surface area contributed by atoms with Gasteiger partial charge in [-0.2, -0.15) is 0 Å². The molecule has 1 aromatic carbocycles. The summed E-state index contributed by atoms with van der Waals surface area (Å²) in [5.41, 5.74) is -0.0649. The Morgan fingerprint density at radius 3 is 2.70 bits per heavy atom. The van der Waals surface area contributed by atoms with Gasteiger partial charge in [-0.25, -0.2) is 4.39 Å². The summed E-state index contributed by atoms with van der Waals surface area (Å²) in [6.07, 6.45) is 1.85. The van der Waals surface area contributed by atoms with Crippen LogP contribution in [-0.4, -0.2) is 24.6 Å². The Morgan fingerprint density at radius 1 is 1.39 bits per heavy atom. The molecule has 0 radical (unpaired) electrons. The summed E-state index contributed by atoms with van der Waals surface area (Å²) in [5.74, 6) is -1.56. The molecule has 2 rings (SSSR count). The molecule has 7 heteroatoms. The van der Waals surface area contributed by atoms with Crippen LogP contribution in [0.4, 0.5) is 4.39 Å². The second kappa shape index (κ2) is 8.01. The molecule has 0 saturated carbocycles. The second-order valence-electron chi connectivity index (χ2n) is 5.18. The minimum Gasteiger partial charge on any atom is -0.468 e. The number of hydrogen-bond donors (Lipinski definition) is 0. The van der Waals surface area contributed by atoms with Gasteiger partial charge in [-0.05, 0) is 47.5 Å². The van der Waals surface area contributed by atoms with E-state index in [9.17, 15) is 18.9 Å². The molecule has 0 aliphatic heterocycles. The standard InChI is InChI=1S/C16H16FNO4S/c1-22-16(20)15-10(8-12(19)9-14(15)18-21)6-7-23-13-4-2-11(17)3-5-13/h2-5,9-10,15H,6-8H2,1H3. The highest BCUT2D eigenvalue weighted by Gasteiger charge is 2.38. The van der Waals surface area contributed by atoms with Gasteiger partial charge in [0.2, 0.25) is 0 Å². The second-order valence-corrected chi connectivity index (χ2v) is 6.35. The number of carbonyl (C=O) groups is 2. The highest BCUT2D eigenvalue weighted by Crippen LogP contribution is 2.34. The fourth-order valence-electron chi connectivity index (χ4n) is 2.58. The Balaban J connectivity index is 2.02. The minimum absolute atomic E-state index is 0.0649. The average Bonchev–Trinajstić information content (AvgIpc) is 2.55. The first kappa shape index (κ1) is 17.3. The Bertz CT molecular complexity index is 629. The first-order valence-corrected chi connectivity index (χ1v) is 8.07. The van der Waals surface area contributed by atoms with Crippen LogP contribution in [0.25, 0.3) is 0 Å². The molecule has 2 atom stereocenters. The number of ketones is 1. The molecule has 0 fully saturated rings. The Kier molecular flexibility index (Phi) is 6.04. The molecule has 0 N–H and O–H groups in total. The van der Waals surface area contributed by atoms with E-state index in [1.54, 1.807) is 12.1 Å². The van der Waals surface area contributed by atoms with Gasteiger partial charge in [0.1, 0.15) is 17.4 Å². The van der Waals surface area contributed by atoms with E-state index in [0.29, 0.717) is 12.2 Å². The summed E-state index contributed by atoms with van der Waals surface area (Å²) in [6.45, 7) is 0. The maximum Gasteiger partial charge on any atom is 0.315 e. The Labute approximate surface area is 137 Å². The van der Waals surface area contributed by atoms with Gasteiger partial charge in [0.15, 0.2) is 5.78 Å². The van der Waals surface area contributed by atoms with Crippen LogP contribution in [-0.2, 0) is 14.3 Å². The van der Waals surface area contributed by atoms with Crippen molar-refractivity contribution in [3.63, 3.8) is 0 Å². The number of rotatable bonds is 6. The number of allylic oxidation sites excluding steroid dienone is 1. The fourth-order valence-corrected chi connectivity index (χ4v) is 3.57. The van der Waals surface area contributed by atoms with Crippen LogP contribution in [0.3, 0.4) is 0 Å². The average molecular weight is 337 g/mol. The smallest absolute Gasteiger partial charge is 0.315 e. The van der Waals surface area contributed by atoms with Gasteiger partial charge in [-0.15, -0.1) is 16.7 Å². The van der Waals surface area contributed by atoms with E-state index >= 15 is 0 Å². The van der Waals surface area contributed by atoms with Crippen molar-refractivity contribution >= 4 is 23.5 Å². The van der Waals surface area contributed by atoms with Gasteiger partial charge >= 0.3 is 5.97 Å². The zero-order chi connectivity index (χ0) is 16.8. The third-order valence-electron chi connectivity index (χ3n) is 3.69. The summed E-state index contributed by atoms with van der Waals surface area (Å²) in [4.78, 5) is 35.4. The number of nitrogens with zero attached hydrogens (tertiary/aromatic N) is 1. The van der Waals surface area contributed by atoms with Crippen molar-refractivity contribution in [2.75, 3.05) is 12.9 Å². The zero-order valence-electron chi connectivity index (χ0n) is 12.5. The maximum atomic E-state index is 12.9. The number of halogens is 1. The lowest BCUT2D eigenvalue weighted by molar-refractivity contribution is -0.146. The third kappa shape index (κ3) is 4.48. The Hall–Kier alpha value is -2.02. The summed E-state index contributed by atoms with van der Waals surface area (Å²) in [7, 11) is 1.24. The number of esters is 1. The lowest BCUT2D eigenvalue weighted by atomic mass is 9.79. The van der Waals surface area contributed by atoms with Crippen molar-refractivity contribution in [1.82, 2.24) is 0 Å². The van der Waals surface area contributed by atoms with Crippen molar-refractivity contribution in [2.45, 2.75) is 17.7 Å². The number of methoxy groups -OCH3 is 1. The van der Waals surface area contributed by atoms with Crippen LogP contribution < -0.4 is 0 Å². The molecule has 1 aromatic rings. The summed E-state index contributed by atoms with van der Waals surface area (Å²) in [5, 5.41) is 2.82. The molecule has 0 heterocycles. The van der Waals surface area contributed by atoms with Crippen LogP contribution in [0.2, 0.25) is 0 Å². The number of hydrogen-bond acceptors (Lipinski definition) is 6. The van der Waals surface area contributed by atoms with Crippen LogP contribution in [0, 0.1) is 22.6 Å². The molecule has 5 nitrogen and oxygen atoms in total. The zero-order valence-corrected chi connectivity index (χ0v) is 13.3. The van der Waals surface area contributed by atoms with Crippen LogP contribution in [0.15, 0.2) is 46.1 Å². The summed E-state index contributed by atoms with van der Waals surface area (Å²) >= 11 is 1.50. The van der Waals surface area contributed by atoms with Gasteiger partial charge in [0, 0.05) is 17.4 Å². The largest absolute Gasteiger partial charge is 0.468 e. The molecule has 0 aromatic heterocycles. The van der Waals surface area contributed by atoms with Crippen molar-refractivity contribution in [3.8, 4) is 0 Å². The van der Waals surface area contributed by atoms with Crippen LogP contribution in [0.5, 0.6) is 0 Å². The van der Waals surface area contributed by atoms with Gasteiger partial charge in [-0.3, -0.25) is 9.59 Å². The molecule has 0 amide bonds. The Morgan fingerprint density at radius 2 is 2.09 bits per heavy atom. The molecule has 0 spiro atoms. The molecule has 122 valence electrons. The topological polar surface area (TPSA) is 72.8 Å². The van der Waals surface area contributed by atoms with Gasteiger partial charge in [-0.1, -0.05) is 0 Å². The first-order chi connectivity index (χ1) is 11.0. The molecular weight excluding hydrogens is 321 g/mol. The SMILES string of the molecule is COC(=O)C1C(N=O)=CC(=O)CC1CCSc1ccc(F)cc1. The number of nitroso groups, excluding NO2 is 1. The normalized spacial score (nSPS) is 20.8. The lowest BCUT2D eigenvalue weighted by Crippen LogP contribution is -2.32. The number of carbonyl (C=O) groups excluding carboxylic acids is 2. The fraction of sp³-hybridized carbons (Fsp3) is 0.375. The molecule has 0 saturated heterocycles. The molecule has 23 heavy (non-hydrogen) atoms. The molecule has 1 aliphatic rings. The molecule has 0 bridgehead atoms. The van der Waals surface area contributed by atoms with Crippen molar-refractivity contribution in [3.05, 3.63) is 46.8 Å². The monoisotopic (exact) mass is 337 g/mol. The quantitative estimate of drug-likeness (QED) is 0.452. The number of thioether (sulfide) groups is 1. The van der Waals surface area contributed by atoms with E-state index in [4.69, 9.17) is 4.74 Å². The predicted octanol–water partition coefficient (Wildman–Crippen LogP) is 3.34. The van der Waals surface area contributed by atoms with Crippen molar-refractivity contribution in [1.29, 1.82) is 0 Å². The lowest BCUT2D eigenvalue weighted by Gasteiger charge is -2.26. The van der Waals surface area contributed by atoms with E-state index in [1.165, 1.54) is 31.0 Å². The van der Waals surface area contributed by atoms with E-state index in [-0.39, 0.29) is 29.6 Å². The molecule has 1 aliphatic carbocycles. The van der Waals surface area contributed by atoms with Gasteiger partial charge in [0.05, 0.1) is 7.11 Å². The highest BCUT2D eigenvalue weighted by molar-refractivity contribution is 7.99. The van der Waals surface area contributed by atoms with E-state index in [2.05, 4.69) is 5.18 Å². The van der Waals surface area contributed by atoms with Gasteiger partial charge < -0.3 is 4.74 Å². The number of benzene rings is 1. The van der Waals surface area contributed by atoms with E-state index in [1.807, 2.05) is 0 Å². The predicted molar refractivity (Wildman–Crippen MR) is 84.2 cm³/mol.